The lowest BCUT2D eigenvalue weighted by Crippen LogP contribution is -2.43. The van der Waals surface area contributed by atoms with Gasteiger partial charge in [-0.05, 0) is 19.8 Å². The lowest BCUT2D eigenvalue weighted by molar-refractivity contribution is -0.122. The first kappa shape index (κ1) is 8.08. The van der Waals surface area contributed by atoms with Gasteiger partial charge in [-0.3, -0.25) is 9.52 Å². The molecule has 2 nitrogen and oxygen atoms in total. The van der Waals surface area contributed by atoms with E-state index in [1.54, 1.807) is 6.92 Å². The van der Waals surface area contributed by atoms with Crippen LogP contribution < -0.4 is 4.72 Å². The van der Waals surface area contributed by atoms with Crippen LogP contribution in [0.15, 0.2) is 0 Å². The lowest BCUT2D eigenvalue weighted by Gasteiger charge is -2.23. The van der Waals surface area contributed by atoms with Gasteiger partial charge >= 0.3 is 0 Å². The van der Waals surface area contributed by atoms with Gasteiger partial charge in [-0.15, -0.1) is 0 Å². The van der Waals surface area contributed by atoms with Crippen LogP contribution in [-0.4, -0.2) is 11.3 Å². The zero-order valence-corrected chi connectivity index (χ0v) is 7.08. The van der Waals surface area contributed by atoms with Gasteiger partial charge in [-0.1, -0.05) is 25.7 Å². The summed E-state index contributed by atoms with van der Waals surface area (Å²) in [7, 11) is 0. The van der Waals surface area contributed by atoms with Gasteiger partial charge in [-0.25, -0.2) is 0 Å². The number of nitrogens with one attached hydrogen (secondary N) is 1. The Kier molecular flexibility index (Phi) is 2.36. The molecule has 0 amide bonds. The molecule has 10 heavy (non-hydrogen) atoms. The van der Waals surface area contributed by atoms with Crippen LogP contribution >= 0.6 is 12.8 Å². The van der Waals surface area contributed by atoms with E-state index in [-0.39, 0.29) is 11.3 Å². The standard InChI is InChI=1S/C7H13NOS/c1-6(9)7(8-10)4-2-3-5-7/h8,10H,2-5H2,1H3. The molecule has 0 heterocycles. The van der Waals surface area contributed by atoms with Gasteiger partial charge in [0.2, 0.25) is 0 Å². The molecule has 0 aromatic carbocycles. The summed E-state index contributed by atoms with van der Waals surface area (Å²) >= 11 is 3.97. The van der Waals surface area contributed by atoms with Crippen molar-refractivity contribution in [2.45, 2.75) is 38.1 Å². The molecule has 1 aliphatic carbocycles. The Hall–Kier alpha value is -0.0200. The van der Waals surface area contributed by atoms with E-state index >= 15 is 0 Å². The van der Waals surface area contributed by atoms with Crippen LogP contribution in [0.4, 0.5) is 0 Å². The normalized spacial score (nSPS) is 23.0. The summed E-state index contributed by atoms with van der Waals surface area (Å²) in [5.41, 5.74) is -0.289. The maximum atomic E-state index is 11.1. The molecule has 0 radical (unpaired) electrons. The molecule has 1 saturated carbocycles. The van der Waals surface area contributed by atoms with E-state index in [0.29, 0.717) is 0 Å². The van der Waals surface area contributed by atoms with Crippen LogP contribution in [0.25, 0.3) is 0 Å². The number of hydrogen-bond donors (Lipinski definition) is 2. The number of rotatable bonds is 2. The highest BCUT2D eigenvalue weighted by Crippen LogP contribution is 2.30. The molecule has 0 spiro atoms. The minimum absolute atomic E-state index is 0.222. The highest BCUT2D eigenvalue weighted by Gasteiger charge is 2.36. The zero-order chi connectivity index (χ0) is 7.61. The van der Waals surface area contributed by atoms with Crippen LogP contribution in [-0.2, 0) is 4.79 Å². The van der Waals surface area contributed by atoms with Crippen molar-refractivity contribution < 1.29 is 4.79 Å². The van der Waals surface area contributed by atoms with Crippen molar-refractivity contribution in [3.8, 4) is 0 Å². The van der Waals surface area contributed by atoms with E-state index in [2.05, 4.69) is 17.5 Å². The van der Waals surface area contributed by atoms with E-state index in [0.717, 1.165) is 25.7 Å². The molecular weight excluding hydrogens is 146 g/mol. The van der Waals surface area contributed by atoms with Gasteiger partial charge in [0.15, 0.2) is 5.78 Å². The SMILES string of the molecule is CC(=O)C1(NS)CCCC1. The van der Waals surface area contributed by atoms with Crippen molar-refractivity contribution in [1.29, 1.82) is 0 Å². The third-order valence-corrected chi connectivity index (χ3v) is 2.77. The molecule has 1 fully saturated rings. The van der Waals surface area contributed by atoms with E-state index in [4.69, 9.17) is 0 Å². The van der Waals surface area contributed by atoms with Crippen molar-refractivity contribution in [2.75, 3.05) is 0 Å². The molecular formula is C7H13NOS. The highest BCUT2D eigenvalue weighted by atomic mass is 32.1. The van der Waals surface area contributed by atoms with Gasteiger partial charge in [0.25, 0.3) is 0 Å². The Balaban J connectivity index is 2.67. The van der Waals surface area contributed by atoms with Gasteiger partial charge in [-0.2, -0.15) is 0 Å². The summed E-state index contributed by atoms with van der Waals surface area (Å²) in [6, 6.07) is 0. The summed E-state index contributed by atoms with van der Waals surface area (Å²) in [5.74, 6) is 0.222. The maximum absolute atomic E-state index is 11.1. The average molecular weight is 159 g/mol. The van der Waals surface area contributed by atoms with Crippen molar-refractivity contribution in [2.24, 2.45) is 0 Å². The van der Waals surface area contributed by atoms with Crippen LogP contribution in [0.1, 0.15) is 32.6 Å². The second-order valence-corrected chi connectivity index (χ2v) is 3.18. The lowest BCUT2D eigenvalue weighted by atomic mass is 9.95. The molecule has 0 atom stereocenters. The predicted octanol–water partition coefficient (Wildman–Crippen LogP) is 1.32. The number of carbonyl (C=O) groups is 1. The minimum Gasteiger partial charge on any atom is -0.298 e. The Morgan fingerprint density at radius 3 is 2.20 bits per heavy atom. The number of thiol groups is 1. The summed E-state index contributed by atoms with van der Waals surface area (Å²) in [6.07, 6.45) is 4.19. The van der Waals surface area contributed by atoms with Crippen molar-refractivity contribution in [3.63, 3.8) is 0 Å². The third-order valence-electron chi connectivity index (χ3n) is 2.35. The molecule has 0 aromatic heterocycles. The van der Waals surface area contributed by atoms with E-state index in [1.165, 1.54) is 0 Å². The molecule has 0 unspecified atom stereocenters. The second-order valence-electron chi connectivity index (χ2n) is 2.96. The number of ketones is 1. The third kappa shape index (κ3) is 1.20. The number of Topliss-reactive ketones (excluding diaryl/α,β-unsaturated/α-hetero) is 1. The minimum atomic E-state index is -0.289. The Morgan fingerprint density at radius 1 is 1.50 bits per heavy atom. The van der Waals surface area contributed by atoms with Crippen LogP contribution in [0.3, 0.4) is 0 Å². The fraction of sp³-hybridized carbons (Fsp3) is 0.857. The van der Waals surface area contributed by atoms with Crippen LogP contribution in [0.2, 0.25) is 0 Å². The topological polar surface area (TPSA) is 29.1 Å². The Morgan fingerprint density at radius 2 is 2.00 bits per heavy atom. The molecule has 1 aliphatic rings. The molecule has 0 aromatic rings. The predicted molar refractivity (Wildman–Crippen MR) is 44.0 cm³/mol. The van der Waals surface area contributed by atoms with Crippen molar-refractivity contribution in [1.82, 2.24) is 4.72 Å². The van der Waals surface area contributed by atoms with E-state index < -0.39 is 0 Å². The summed E-state index contributed by atoms with van der Waals surface area (Å²) < 4.78 is 2.82. The molecule has 0 bridgehead atoms. The molecule has 1 rings (SSSR count). The second kappa shape index (κ2) is 2.93. The summed E-state index contributed by atoms with van der Waals surface area (Å²) in [4.78, 5) is 11.1. The van der Waals surface area contributed by atoms with Crippen molar-refractivity contribution in [3.05, 3.63) is 0 Å². The molecule has 1 N–H and O–H groups in total. The van der Waals surface area contributed by atoms with Gasteiger partial charge < -0.3 is 0 Å². The molecule has 0 saturated heterocycles. The Labute approximate surface area is 66.9 Å². The number of hydrogen-bond acceptors (Lipinski definition) is 3. The Bertz CT molecular complexity index is 141. The van der Waals surface area contributed by atoms with Crippen molar-refractivity contribution >= 4 is 18.6 Å². The van der Waals surface area contributed by atoms with Gasteiger partial charge in [0.05, 0.1) is 5.54 Å². The van der Waals surface area contributed by atoms with E-state index in [9.17, 15) is 4.79 Å². The average Bonchev–Trinajstić information content (AvgIpc) is 2.35. The molecule has 58 valence electrons. The fourth-order valence-corrected chi connectivity index (χ4v) is 1.90. The fourth-order valence-electron chi connectivity index (χ4n) is 1.52. The highest BCUT2D eigenvalue weighted by molar-refractivity contribution is 7.78. The maximum Gasteiger partial charge on any atom is 0.150 e. The number of carbonyl (C=O) groups excluding carboxylic acids is 1. The summed E-state index contributed by atoms with van der Waals surface area (Å²) in [5, 5.41) is 0. The van der Waals surface area contributed by atoms with Gasteiger partial charge in [0, 0.05) is 0 Å². The molecule has 0 aliphatic heterocycles. The van der Waals surface area contributed by atoms with Crippen LogP contribution in [0, 0.1) is 0 Å². The van der Waals surface area contributed by atoms with E-state index in [1.807, 2.05) is 0 Å². The van der Waals surface area contributed by atoms with Gasteiger partial charge in [0.1, 0.15) is 0 Å². The smallest absolute Gasteiger partial charge is 0.150 e. The monoisotopic (exact) mass is 159 g/mol. The first-order valence-electron chi connectivity index (χ1n) is 3.63. The quantitative estimate of drug-likeness (QED) is 0.595. The zero-order valence-electron chi connectivity index (χ0n) is 6.18. The largest absolute Gasteiger partial charge is 0.298 e. The molecule has 3 heteroatoms. The first-order chi connectivity index (χ1) is 4.71. The van der Waals surface area contributed by atoms with Crippen LogP contribution in [0.5, 0.6) is 0 Å². The first-order valence-corrected chi connectivity index (χ1v) is 4.08. The summed E-state index contributed by atoms with van der Waals surface area (Å²) in [6.45, 7) is 1.63.